The van der Waals surface area contributed by atoms with Gasteiger partial charge in [-0.3, -0.25) is 4.99 Å². The normalized spacial score (nSPS) is 15.1. The van der Waals surface area contributed by atoms with Crippen molar-refractivity contribution < 1.29 is 0 Å². The molecule has 0 unspecified atom stereocenters. The van der Waals surface area contributed by atoms with Gasteiger partial charge in [-0.15, -0.1) is 0 Å². The molecule has 0 saturated carbocycles. The van der Waals surface area contributed by atoms with Crippen LogP contribution in [-0.2, 0) is 0 Å². The third-order valence-corrected chi connectivity index (χ3v) is 2.88. The van der Waals surface area contributed by atoms with Gasteiger partial charge in [-0.1, -0.05) is 76.0 Å². The molecule has 1 heteroatoms. The summed E-state index contributed by atoms with van der Waals surface area (Å²) in [6.45, 7) is 14.3. The molecule has 0 radical (unpaired) electrons. The van der Waals surface area contributed by atoms with E-state index < -0.39 is 0 Å². The highest BCUT2D eigenvalue weighted by molar-refractivity contribution is 5.81. The van der Waals surface area contributed by atoms with Gasteiger partial charge in [0.1, 0.15) is 0 Å². The molecule has 0 heterocycles. The molecule has 21 heavy (non-hydrogen) atoms. The molecule has 0 amide bonds. The number of rotatable bonds is 7. The van der Waals surface area contributed by atoms with Gasteiger partial charge in [0, 0.05) is 6.21 Å². The molecular weight excluding hydrogens is 254 g/mol. The quantitative estimate of drug-likeness (QED) is 0.390. The van der Waals surface area contributed by atoms with Crippen molar-refractivity contribution in [1.82, 2.24) is 0 Å². The molecule has 0 aromatic carbocycles. The predicted molar refractivity (Wildman–Crippen MR) is 97.7 cm³/mol. The van der Waals surface area contributed by atoms with Crippen molar-refractivity contribution in [3.8, 4) is 0 Å². The van der Waals surface area contributed by atoms with Gasteiger partial charge in [0.15, 0.2) is 0 Å². The first kappa shape index (κ1) is 19.1. The second-order valence-corrected chi connectivity index (χ2v) is 5.65. The maximum Gasteiger partial charge on any atom is 0.0587 e. The van der Waals surface area contributed by atoms with Crippen molar-refractivity contribution >= 4 is 6.21 Å². The first-order valence-corrected chi connectivity index (χ1v) is 7.43. The Morgan fingerprint density at radius 2 is 1.67 bits per heavy atom. The van der Waals surface area contributed by atoms with Gasteiger partial charge in [0.05, 0.1) is 5.70 Å². The second-order valence-electron chi connectivity index (χ2n) is 5.65. The molecular formula is C20H29N. The highest BCUT2D eigenvalue weighted by Crippen LogP contribution is 2.23. The monoisotopic (exact) mass is 283 g/mol. The van der Waals surface area contributed by atoms with E-state index in [0.29, 0.717) is 0 Å². The van der Waals surface area contributed by atoms with Gasteiger partial charge in [-0.05, 0) is 37.3 Å². The molecule has 0 aliphatic rings. The van der Waals surface area contributed by atoms with Crippen LogP contribution in [0.2, 0.25) is 0 Å². The molecule has 0 fully saturated rings. The van der Waals surface area contributed by atoms with Crippen molar-refractivity contribution in [2.75, 3.05) is 0 Å². The maximum absolute atomic E-state index is 4.55. The summed E-state index contributed by atoms with van der Waals surface area (Å²) in [5, 5.41) is 0. The second kappa shape index (κ2) is 10.8. The summed E-state index contributed by atoms with van der Waals surface area (Å²) in [7, 11) is 0. The molecule has 114 valence electrons. The van der Waals surface area contributed by atoms with Crippen molar-refractivity contribution in [1.29, 1.82) is 0 Å². The lowest BCUT2D eigenvalue weighted by atomic mass is 9.87. The fraction of sp³-hybridized carbons (Fsp3) is 0.350. The Morgan fingerprint density at radius 3 is 2.19 bits per heavy atom. The largest absolute Gasteiger partial charge is 0.257 e. The first-order valence-electron chi connectivity index (χ1n) is 7.43. The zero-order chi connectivity index (χ0) is 16.1. The summed E-state index contributed by atoms with van der Waals surface area (Å²) in [5.74, 6) is 0. The molecule has 0 aromatic heterocycles. The number of aliphatic imine (C=N–C) groups is 1. The minimum absolute atomic E-state index is 0.123. The van der Waals surface area contributed by atoms with Crippen LogP contribution in [0, 0.1) is 5.41 Å². The highest BCUT2D eigenvalue weighted by atomic mass is 14.7. The van der Waals surface area contributed by atoms with Crippen LogP contribution in [0.1, 0.15) is 41.0 Å². The lowest BCUT2D eigenvalue weighted by Gasteiger charge is -2.19. The van der Waals surface area contributed by atoms with E-state index in [1.807, 2.05) is 43.5 Å². The van der Waals surface area contributed by atoms with Gasteiger partial charge in [0.2, 0.25) is 0 Å². The summed E-state index contributed by atoms with van der Waals surface area (Å²) < 4.78 is 0. The Kier molecular flexibility index (Phi) is 9.87. The molecule has 0 aromatic rings. The van der Waals surface area contributed by atoms with Crippen LogP contribution in [0.25, 0.3) is 0 Å². The minimum atomic E-state index is 0.123. The lowest BCUT2D eigenvalue weighted by Crippen LogP contribution is -2.10. The Morgan fingerprint density at radius 1 is 1.00 bits per heavy atom. The van der Waals surface area contributed by atoms with Gasteiger partial charge in [0.25, 0.3) is 0 Å². The standard InChI is InChI=1S/C20H29N/c1-7-10-11-12-13-14-15-16-19(9-3)21-17-18(8-2)20(4,5)6/h7-11,13-17H,1,12H2,2-6H3/b11-10-,14-13+,16-15-,18-8+,19-9+,21-17+. The Labute approximate surface area is 130 Å². The van der Waals surface area contributed by atoms with Crippen LogP contribution >= 0.6 is 0 Å². The molecule has 0 spiro atoms. The number of nitrogens with zero attached hydrogens (tertiary/aromatic N) is 1. The van der Waals surface area contributed by atoms with E-state index in [0.717, 1.165) is 12.1 Å². The third kappa shape index (κ3) is 9.61. The molecule has 0 aliphatic heterocycles. The fourth-order valence-corrected chi connectivity index (χ4v) is 1.62. The lowest BCUT2D eigenvalue weighted by molar-refractivity contribution is 0.526. The maximum atomic E-state index is 4.55. The number of hydrogen-bond donors (Lipinski definition) is 0. The van der Waals surface area contributed by atoms with Crippen LogP contribution < -0.4 is 0 Å². The van der Waals surface area contributed by atoms with Gasteiger partial charge < -0.3 is 0 Å². The molecule has 0 rings (SSSR count). The molecule has 0 bridgehead atoms. The summed E-state index contributed by atoms with van der Waals surface area (Å²) in [6.07, 6.45) is 20.9. The fourth-order valence-electron chi connectivity index (χ4n) is 1.62. The van der Waals surface area contributed by atoms with E-state index in [1.54, 1.807) is 6.08 Å². The molecule has 0 saturated heterocycles. The molecule has 0 atom stereocenters. The average Bonchev–Trinajstić information content (AvgIpc) is 2.43. The van der Waals surface area contributed by atoms with Crippen LogP contribution in [0.3, 0.4) is 0 Å². The van der Waals surface area contributed by atoms with Crippen molar-refractivity contribution in [2.24, 2.45) is 10.4 Å². The Bertz CT molecular complexity index is 474. The summed E-state index contributed by atoms with van der Waals surface area (Å²) in [6, 6.07) is 0. The summed E-state index contributed by atoms with van der Waals surface area (Å²) >= 11 is 0. The van der Waals surface area contributed by atoms with E-state index in [2.05, 4.69) is 57.5 Å². The van der Waals surface area contributed by atoms with Gasteiger partial charge >= 0.3 is 0 Å². The first-order chi connectivity index (χ1) is 9.95. The minimum Gasteiger partial charge on any atom is -0.257 e. The van der Waals surface area contributed by atoms with E-state index in [-0.39, 0.29) is 5.41 Å². The number of allylic oxidation sites excluding steroid dienone is 10. The third-order valence-electron chi connectivity index (χ3n) is 2.88. The van der Waals surface area contributed by atoms with Gasteiger partial charge in [-0.2, -0.15) is 0 Å². The van der Waals surface area contributed by atoms with Gasteiger partial charge in [-0.25, -0.2) is 0 Å². The van der Waals surface area contributed by atoms with Crippen LogP contribution in [0.5, 0.6) is 0 Å². The predicted octanol–water partition coefficient (Wildman–Crippen LogP) is 6.20. The van der Waals surface area contributed by atoms with Crippen molar-refractivity contribution in [2.45, 2.75) is 41.0 Å². The zero-order valence-corrected chi connectivity index (χ0v) is 14.1. The molecule has 0 N–H and O–H groups in total. The average molecular weight is 283 g/mol. The summed E-state index contributed by atoms with van der Waals surface area (Å²) in [5.41, 5.74) is 2.32. The van der Waals surface area contributed by atoms with Crippen LogP contribution in [-0.4, -0.2) is 6.21 Å². The van der Waals surface area contributed by atoms with Crippen molar-refractivity contribution in [3.63, 3.8) is 0 Å². The SMILES string of the molecule is C=C/C=C\C/C=C/C=C\C(=C/C)\N=C\C(=C/C)C(C)(C)C. The van der Waals surface area contributed by atoms with Crippen LogP contribution in [0.15, 0.2) is 77.5 Å². The van der Waals surface area contributed by atoms with E-state index >= 15 is 0 Å². The van der Waals surface area contributed by atoms with E-state index in [4.69, 9.17) is 0 Å². The smallest absolute Gasteiger partial charge is 0.0587 e. The van der Waals surface area contributed by atoms with Crippen LogP contribution in [0.4, 0.5) is 0 Å². The molecule has 0 aliphatic carbocycles. The Balaban J connectivity index is 4.61. The Hall–Kier alpha value is -1.89. The van der Waals surface area contributed by atoms with E-state index in [1.165, 1.54) is 5.57 Å². The van der Waals surface area contributed by atoms with Crippen molar-refractivity contribution in [3.05, 3.63) is 72.5 Å². The number of hydrogen-bond acceptors (Lipinski definition) is 1. The topological polar surface area (TPSA) is 12.4 Å². The summed E-state index contributed by atoms with van der Waals surface area (Å²) in [4.78, 5) is 4.55. The zero-order valence-electron chi connectivity index (χ0n) is 14.1. The molecule has 1 nitrogen and oxygen atoms in total. The highest BCUT2D eigenvalue weighted by Gasteiger charge is 2.13. The van der Waals surface area contributed by atoms with E-state index in [9.17, 15) is 0 Å².